The van der Waals surface area contributed by atoms with Crippen LogP contribution in [0.15, 0.2) is 0 Å². The lowest BCUT2D eigenvalue weighted by Crippen LogP contribution is -2.39. The van der Waals surface area contributed by atoms with Gasteiger partial charge in [0.2, 0.25) is 0 Å². The normalized spacial score (nSPS) is 22.3. The highest BCUT2D eigenvalue weighted by molar-refractivity contribution is 9.09. The predicted molar refractivity (Wildman–Crippen MR) is 73.1 cm³/mol. The largest absolute Gasteiger partial charge is 0.393 e. The zero-order valence-electron chi connectivity index (χ0n) is 10.7. The molecular formula is C13H26BrNO. The number of nitrogens with zero attached hydrogens (tertiary/aromatic N) is 1. The van der Waals surface area contributed by atoms with Crippen LogP contribution in [0.5, 0.6) is 0 Å². The van der Waals surface area contributed by atoms with Gasteiger partial charge in [0, 0.05) is 18.4 Å². The topological polar surface area (TPSA) is 23.5 Å². The molecule has 0 spiro atoms. The van der Waals surface area contributed by atoms with Crippen molar-refractivity contribution in [3.63, 3.8) is 0 Å². The molecule has 3 heteroatoms. The molecule has 1 unspecified atom stereocenters. The van der Waals surface area contributed by atoms with Crippen LogP contribution in [-0.4, -0.2) is 41.6 Å². The fourth-order valence-electron chi connectivity index (χ4n) is 2.69. The zero-order chi connectivity index (χ0) is 12.0. The van der Waals surface area contributed by atoms with Gasteiger partial charge in [0.1, 0.15) is 0 Å². The van der Waals surface area contributed by atoms with Crippen molar-refractivity contribution < 1.29 is 5.11 Å². The number of rotatable bonds is 6. The van der Waals surface area contributed by atoms with Gasteiger partial charge in [-0.25, -0.2) is 0 Å². The third-order valence-electron chi connectivity index (χ3n) is 3.73. The molecule has 0 aliphatic heterocycles. The molecule has 0 heterocycles. The quantitative estimate of drug-likeness (QED) is 0.761. The smallest absolute Gasteiger partial charge is 0.0524 e. The van der Waals surface area contributed by atoms with Gasteiger partial charge in [-0.05, 0) is 38.6 Å². The third kappa shape index (κ3) is 4.72. The van der Waals surface area contributed by atoms with Crippen LogP contribution in [0.3, 0.4) is 0 Å². The maximum absolute atomic E-state index is 9.29. The van der Waals surface area contributed by atoms with E-state index in [9.17, 15) is 5.11 Å². The summed E-state index contributed by atoms with van der Waals surface area (Å²) in [6.07, 6.45) is 7.61. The summed E-state index contributed by atoms with van der Waals surface area (Å²) in [5.74, 6) is 0. The van der Waals surface area contributed by atoms with Crippen LogP contribution < -0.4 is 0 Å². The molecule has 1 saturated carbocycles. The Hall–Kier alpha value is 0.400. The van der Waals surface area contributed by atoms with Crippen LogP contribution in [-0.2, 0) is 0 Å². The van der Waals surface area contributed by atoms with E-state index in [0.717, 1.165) is 18.3 Å². The van der Waals surface area contributed by atoms with E-state index in [1.807, 2.05) is 6.92 Å². The first-order chi connectivity index (χ1) is 7.58. The van der Waals surface area contributed by atoms with Crippen molar-refractivity contribution in [2.45, 2.75) is 51.6 Å². The number of alkyl halides is 1. The van der Waals surface area contributed by atoms with Crippen molar-refractivity contribution >= 4 is 15.9 Å². The molecule has 2 nitrogen and oxygen atoms in total. The second kappa shape index (κ2) is 6.97. The summed E-state index contributed by atoms with van der Waals surface area (Å²) >= 11 is 3.70. The lowest BCUT2D eigenvalue weighted by atomic mass is 9.75. The minimum Gasteiger partial charge on any atom is -0.393 e. The van der Waals surface area contributed by atoms with Crippen molar-refractivity contribution in [1.82, 2.24) is 4.90 Å². The van der Waals surface area contributed by atoms with E-state index in [2.05, 4.69) is 27.9 Å². The van der Waals surface area contributed by atoms with E-state index in [1.54, 1.807) is 0 Å². The molecule has 16 heavy (non-hydrogen) atoms. The van der Waals surface area contributed by atoms with Crippen LogP contribution in [0.2, 0.25) is 0 Å². The van der Waals surface area contributed by atoms with E-state index in [0.29, 0.717) is 5.41 Å². The first kappa shape index (κ1) is 14.5. The van der Waals surface area contributed by atoms with Crippen molar-refractivity contribution in [2.75, 3.05) is 25.5 Å². The van der Waals surface area contributed by atoms with Gasteiger partial charge >= 0.3 is 0 Å². The Morgan fingerprint density at radius 1 is 1.31 bits per heavy atom. The SMILES string of the molecule is CC(O)CCN(C)CC1(CBr)CCCCC1. The van der Waals surface area contributed by atoms with Gasteiger partial charge in [-0.15, -0.1) is 0 Å². The Kier molecular flexibility index (Phi) is 6.30. The minimum atomic E-state index is -0.172. The van der Waals surface area contributed by atoms with E-state index in [4.69, 9.17) is 0 Å². The molecule has 1 atom stereocenters. The van der Waals surface area contributed by atoms with Crippen molar-refractivity contribution in [2.24, 2.45) is 5.41 Å². The lowest BCUT2D eigenvalue weighted by Gasteiger charge is -2.39. The molecular weight excluding hydrogens is 266 g/mol. The van der Waals surface area contributed by atoms with E-state index < -0.39 is 0 Å². The Labute approximate surface area is 109 Å². The fraction of sp³-hybridized carbons (Fsp3) is 1.00. The number of aliphatic hydroxyl groups is 1. The number of halogens is 1. The summed E-state index contributed by atoms with van der Waals surface area (Å²) in [6, 6.07) is 0. The highest BCUT2D eigenvalue weighted by atomic mass is 79.9. The summed E-state index contributed by atoms with van der Waals surface area (Å²) in [7, 11) is 2.18. The molecule has 1 aliphatic carbocycles. The fourth-order valence-corrected chi connectivity index (χ4v) is 3.43. The zero-order valence-corrected chi connectivity index (χ0v) is 12.3. The molecule has 0 amide bonds. The average molecular weight is 292 g/mol. The molecule has 0 aromatic rings. The molecule has 0 aromatic heterocycles. The Morgan fingerprint density at radius 2 is 1.94 bits per heavy atom. The Bertz CT molecular complexity index is 190. The summed E-state index contributed by atoms with van der Waals surface area (Å²) in [6.45, 7) is 4.05. The van der Waals surface area contributed by atoms with Gasteiger partial charge in [0.25, 0.3) is 0 Å². The maximum Gasteiger partial charge on any atom is 0.0524 e. The van der Waals surface area contributed by atoms with E-state index >= 15 is 0 Å². The van der Waals surface area contributed by atoms with Crippen LogP contribution in [0, 0.1) is 5.41 Å². The molecule has 0 saturated heterocycles. The molecule has 96 valence electrons. The highest BCUT2D eigenvalue weighted by Crippen LogP contribution is 2.38. The maximum atomic E-state index is 9.29. The summed E-state index contributed by atoms with van der Waals surface area (Å²) in [5, 5.41) is 10.4. The first-order valence-electron chi connectivity index (χ1n) is 6.50. The van der Waals surface area contributed by atoms with Crippen LogP contribution in [0.1, 0.15) is 45.4 Å². The summed E-state index contributed by atoms with van der Waals surface area (Å²) in [5.41, 5.74) is 0.492. The Balaban J connectivity index is 2.36. The van der Waals surface area contributed by atoms with Crippen molar-refractivity contribution in [1.29, 1.82) is 0 Å². The van der Waals surface area contributed by atoms with Gasteiger partial charge in [-0.1, -0.05) is 35.2 Å². The van der Waals surface area contributed by atoms with Crippen LogP contribution in [0.4, 0.5) is 0 Å². The molecule has 0 aromatic carbocycles. The molecule has 0 bridgehead atoms. The van der Waals surface area contributed by atoms with Crippen molar-refractivity contribution in [3.05, 3.63) is 0 Å². The van der Waals surface area contributed by atoms with Crippen molar-refractivity contribution in [3.8, 4) is 0 Å². The van der Waals surface area contributed by atoms with E-state index in [-0.39, 0.29) is 6.10 Å². The molecule has 1 N–H and O–H groups in total. The first-order valence-corrected chi connectivity index (χ1v) is 7.63. The van der Waals surface area contributed by atoms with Gasteiger partial charge in [-0.3, -0.25) is 0 Å². The van der Waals surface area contributed by atoms with Crippen LogP contribution >= 0.6 is 15.9 Å². The summed E-state index contributed by atoms with van der Waals surface area (Å²) in [4.78, 5) is 2.39. The minimum absolute atomic E-state index is 0.172. The van der Waals surface area contributed by atoms with E-state index in [1.165, 1.54) is 38.6 Å². The second-order valence-electron chi connectivity index (χ2n) is 5.57. The van der Waals surface area contributed by atoms with Gasteiger partial charge in [-0.2, -0.15) is 0 Å². The van der Waals surface area contributed by atoms with Gasteiger partial charge < -0.3 is 10.0 Å². The van der Waals surface area contributed by atoms with Gasteiger partial charge in [0.15, 0.2) is 0 Å². The average Bonchev–Trinajstić information content (AvgIpc) is 2.28. The number of hydrogen-bond acceptors (Lipinski definition) is 2. The number of aliphatic hydroxyl groups excluding tert-OH is 1. The molecule has 1 rings (SSSR count). The van der Waals surface area contributed by atoms with Gasteiger partial charge in [0.05, 0.1) is 6.10 Å². The predicted octanol–water partition coefficient (Wildman–Crippen LogP) is 3.03. The molecule has 1 fully saturated rings. The monoisotopic (exact) mass is 291 g/mol. The number of hydrogen-bond donors (Lipinski definition) is 1. The Morgan fingerprint density at radius 3 is 2.44 bits per heavy atom. The standard InChI is InChI=1S/C13H26BrNO/c1-12(16)6-9-15(2)11-13(10-14)7-4-3-5-8-13/h12,16H,3-11H2,1-2H3. The van der Waals surface area contributed by atoms with Crippen LogP contribution in [0.25, 0.3) is 0 Å². The third-order valence-corrected chi connectivity index (χ3v) is 4.92. The molecule has 0 radical (unpaired) electrons. The summed E-state index contributed by atoms with van der Waals surface area (Å²) < 4.78 is 0. The molecule has 1 aliphatic rings. The second-order valence-corrected chi connectivity index (χ2v) is 6.13. The lowest BCUT2D eigenvalue weighted by molar-refractivity contribution is 0.121. The highest BCUT2D eigenvalue weighted by Gasteiger charge is 2.31.